The second kappa shape index (κ2) is 7.05. The molecule has 0 aliphatic rings. The molecule has 0 saturated heterocycles. The first-order valence-electron chi connectivity index (χ1n) is 7.24. The first-order chi connectivity index (χ1) is 10.4. The summed E-state index contributed by atoms with van der Waals surface area (Å²) in [6.07, 6.45) is 0. The molecule has 3 N–H and O–H groups in total. The van der Waals surface area contributed by atoms with Crippen LogP contribution >= 0.6 is 11.3 Å². The Bertz CT molecular complexity index is 623. The summed E-state index contributed by atoms with van der Waals surface area (Å²) in [7, 11) is 0. The average Bonchev–Trinajstić information content (AvgIpc) is 2.99. The Hall–Kier alpha value is -1.69. The fourth-order valence-corrected chi connectivity index (χ4v) is 3.01. The Morgan fingerprint density at radius 3 is 2.82 bits per heavy atom. The number of rotatable bonds is 6. The molecule has 1 amide bonds. The zero-order valence-corrected chi connectivity index (χ0v) is 13.9. The van der Waals surface area contributed by atoms with Gasteiger partial charge in [0.1, 0.15) is 5.60 Å². The van der Waals surface area contributed by atoms with Crippen molar-refractivity contribution in [2.24, 2.45) is 0 Å². The van der Waals surface area contributed by atoms with Crippen LogP contribution in [0, 0.1) is 0 Å². The van der Waals surface area contributed by atoms with Gasteiger partial charge in [0.2, 0.25) is 5.91 Å². The van der Waals surface area contributed by atoms with Crippen LogP contribution in [0.15, 0.2) is 41.1 Å². The third-order valence-electron chi connectivity index (χ3n) is 3.60. The summed E-state index contributed by atoms with van der Waals surface area (Å²) in [5.74, 6) is -0.0850. The van der Waals surface area contributed by atoms with E-state index in [1.54, 1.807) is 11.3 Å². The van der Waals surface area contributed by atoms with Gasteiger partial charge in [-0.15, -0.1) is 0 Å². The maximum absolute atomic E-state index is 11.1. The van der Waals surface area contributed by atoms with Crippen LogP contribution in [0.2, 0.25) is 0 Å². The largest absolute Gasteiger partial charge is 0.384 e. The Morgan fingerprint density at radius 1 is 1.41 bits per heavy atom. The third kappa shape index (κ3) is 4.40. The molecule has 4 nitrogen and oxygen atoms in total. The van der Waals surface area contributed by atoms with Crippen LogP contribution in [0.4, 0.5) is 5.69 Å². The lowest BCUT2D eigenvalue weighted by atomic mass is 9.98. The van der Waals surface area contributed by atoms with Gasteiger partial charge in [-0.2, -0.15) is 11.3 Å². The number of anilines is 1. The van der Waals surface area contributed by atoms with Crippen molar-refractivity contribution in [2.75, 3.05) is 11.9 Å². The minimum absolute atomic E-state index is 0.0684. The number of thiophene rings is 1. The van der Waals surface area contributed by atoms with Crippen LogP contribution in [-0.4, -0.2) is 17.6 Å². The number of nitrogens with one attached hydrogen (secondary N) is 2. The number of amides is 1. The zero-order valence-electron chi connectivity index (χ0n) is 13.1. The molecule has 2 rings (SSSR count). The number of carbonyl (C=O) groups is 1. The summed E-state index contributed by atoms with van der Waals surface area (Å²) in [6.45, 7) is 5.79. The average molecular weight is 318 g/mol. The first-order valence-corrected chi connectivity index (χ1v) is 8.19. The van der Waals surface area contributed by atoms with Crippen LogP contribution in [0.25, 0.3) is 0 Å². The van der Waals surface area contributed by atoms with Gasteiger partial charge in [-0.25, -0.2) is 0 Å². The predicted octanol–water partition coefficient (Wildman–Crippen LogP) is 3.26. The van der Waals surface area contributed by atoms with Gasteiger partial charge in [-0.05, 0) is 53.9 Å². The van der Waals surface area contributed by atoms with Gasteiger partial charge in [0.05, 0.1) is 0 Å². The van der Waals surface area contributed by atoms with E-state index in [1.807, 2.05) is 54.9 Å². The molecule has 2 aromatic rings. The molecule has 0 saturated carbocycles. The van der Waals surface area contributed by atoms with E-state index in [0.29, 0.717) is 6.54 Å². The molecule has 0 bridgehead atoms. The molecule has 0 fully saturated rings. The monoisotopic (exact) mass is 318 g/mol. The smallest absolute Gasteiger partial charge is 0.221 e. The molecule has 0 aliphatic carbocycles. The maximum atomic E-state index is 11.1. The molecule has 1 aromatic carbocycles. The molecule has 1 heterocycles. The normalized spacial score (nSPS) is 15.1. The van der Waals surface area contributed by atoms with Gasteiger partial charge in [0.25, 0.3) is 0 Å². The Kier molecular flexibility index (Phi) is 5.34. The topological polar surface area (TPSA) is 61.4 Å². The second-order valence-electron chi connectivity index (χ2n) is 5.70. The molecule has 0 aliphatic heterocycles. The molecule has 118 valence electrons. The zero-order chi connectivity index (χ0) is 16.2. The van der Waals surface area contributed by atoms with Crippen LogP contribution in [0.5, 0.6) is 0 Å². The van der Waals surface area contributed by atoms with Crippen LogP contribution in [0.3, 0.4) is 0 Å². The van der Waals surface area contributed by atoms with Crippen LogP contribution < -0.4 is 10.6 Å². The second-order valence-corrected chi connectivity index (χ2v) is 6.48. The molecular weight excluding hydrogens is 296 g/mol. The summed E-state index contributed by atoms with van der Waals surface area (Å²) < 4.78 is 0. The fourth-order valence-electron chi connectivity index (χ4n) is 2.23. The van der Waals surface area contributed by atoms with Crippen LogP contribution in [0.1, 0.15) is 37.9 Å². The van der Waals surface area contributed by atoms with Gasteiger partial charge in [0, 0.05) is 25.2 Å². The van der Waals surface area contributed by atoms with Crippen molar-refractivity contribution in [3.63, 3.8) is 0 Å². The highest BCUT2D eigenvalue weighted by Crippen LogP contribution is 2.24. The Labute approximate surface area is 135 Å². The van der Waals surface area contributed by atoms with Gasteiger partial charge in [0.15, 0.2) is 0 Å². The lowest BCUT2D eigenvalue weighted by molar-refractivity contribution is -0.114. The van der Waals surface area contributed by atoms with E-state index < -0.39 is 5.60 Å². The Balaban J connectivity index is 2.00. The van der Waals surface area contributed by atoms with E-state index in [4.69, 9.17) is 0 Å². The van der Waals surface area contributed by atoms with Crippen molar-refractivity contribution in [3.05, 3.63) is 52.2 Å². The Morgan fingerprint density at radius 2 is 2.18 bits per heavy atom. The quantitative estimate of drug-likeness (QED) is 0.766. The molecular formula is C17H22N2O2S. The van der Waals surface area contributed by atoms with Crippen molar-refractivity contribution in [2.45, 2.75) is 32.4 Å². The van der Waals surface area contributed by atoms with E-state index in [0.717, 1.165) is 16.8 Å². The molecule has 2 atom stereocenters. The molecule has 22 heavy (non-hydrogen) atoms. The van der Waals surface area contributed by atoms with Gasteiger partial charge in [-0.3, -0.25) is 4.79 Å². The summed E-state index contributed by atoms with van der Waals surface area (Å²) >= 11 is 1.58. The van der Waals surface area contributed by atoms with Crippen molar-refractivity contribution in [3.8, 4) is 0 Å². The van der Waals surface area contributed by atoms with E-state index >= 15 is 0 Å². The van der Waals surface area contributed by atoms with E-state index in [2.05, 4.69) is 10.6 Å². The fraction of sp³-hybridized carbons (Fsp3) is 0.353. The van der Waals surface area contributed by atoms with Crippen molar-refractivity contribution in [1.29, 1.82) is 0 Å². The maximum Gasteiger partial charge on any atom is 0.221 e. The summed E-state index contributed by atoms with van der Waals surface area (Å²) in [5, 5.41) is 20.6. The number of benzene rings is 1. The number of carbonyl (C=O) groups excluding carboxylic acids is 1. The molecule has 5 heteroatoms. The summed E-state index contributed by atoms with van der Waals surface area (Å²) in [6, 6.07) is 9.73. The number of hydrogen-bond acceptors (Lipinski definition) is 4. The SMILES string of the molecule is CC(=O)Nc1cccc(C(C)NCC(C)(O)c2ccsc2)c1. The highest BCUT2D eigenvalue weighted by molar-refractivity contribution is 7.08. The van der Waals surface area contributed by atoms with E-state index in [1.165, 1.54) is 6.92 Å². The van der Waals surface area contributed by atoms with Gasteiger partial charge < -0.3 is 15.7 Å². The van der Waals surface area contributed by atoms with Crippen molar-refractivity contribution >= 4 is 22.9 Å². The standard InChI is InChI=1S/C17H22N2O2S/c1-12(14-5-4-6-16(9-14)19-13(2)20)18-11-17(3,21)15-7-8-22-10-15/h4-10,12,18,21H,11H2,1-3H3,(H,19,20). The predicted molar refractivity (Wildman–Crippen MR) is 91.1 cm³/mol. The van der Waals surface area contributed by atoms with E-state index in [9.17, 15) is 9.90 Å². The molecule has 0 spiro atoms. The lowest BCUT2D eigenvalue weighted by Crippen LogP contribution is -2.36. The number of aliphatic hydroxyl groups is 1. The highest BCUT2D eigenvalue weighted by Gasteiger charge is 2.24. The summed E-state index contributed by atoms with van der Waals surface area (Å²) in [5.41, 5.74) is 1.86. The minimum atomic E-state index is -0.899. The molecule has 1 aromatic heterocycles. The first kappa shape index (κ1) is 16.7. The molecule has 2 unspecified atom stereocenters. The van der Waals surface area contributed by atoms with Crippen molar-refractivity contribution in [1.82, 2.24) is 5.32 Å². The summed E-state index contributed by atoms with van der Waals surface area (Å²) in [4.78, 5) is 11.1. The molecule has 0 radical (unpaired) electrons. The van der Waals surface area contributed by atoms with Gasteiger partial charge in [-0.1, -0.05) is 12.1 Å². The van der Waals surface area contributed by atoms with E-state index in [-0.39, 0.29) is 11.9 Å². The van der Waals surface area contributed by atoms with Gasteiger partial charge >= 0.3 is 0 Å². The highest BCUT2D eigenvalue weighted by atomic mass is 32.1. The van der Waals surface area contributed by atoms with Crippen molar-refractivity contribution < 1.29 is 9.90 Å². The third-order valence-corrected chi connectivity index (χ3v) is 4.29. The lowest BCUT2D eigenvalue weighted by Gasteiger charge is -2.25. The number of hydrogen-bond donors (Lipinski definition) is 3. The van der Waals surface area contributed by atoms with Crippen LogP contribution in [-0.2, 0) is 10.4 Å². The minimum Gasteiger partial charge on any atom is -0.384 e.